The van der Waals surface area contributed by atoms with Crippen molar-refractivity contribution in [1.29, 1.82) is 0 Å². The van der Waals surface area contributed by atoms with Crippen LogP contribution in [0.15, 0.2) is 18.2 Å². The van der Waals surface area contributed by atoms with Gasteiger partial charge in [0.15, 0.2) is 0 Å². The number of ether oxygens (including phenoxy) is 1. The number of nitrogens with zero attached hydrogens (tertiary/aromatic N) is 1. The molecule has 0 heterocycles. The zero-order valence-corrected chi connectivity index (χ0v) is 9.94. The minimum Gasteiger partial charge on any atom is -0.497 e. The molecule has 0 aromatic heterocycles. The molecule has 0 spiro atoms. The highest BCUT2D eigenvalue weighted by atomic mass is 16.5. The quantitative estimate of drug-likeness (QED) is 0.719. The molecule has 1 aromatic carbocycles. The minimum atomic E-state index is 0.195. The summed E-state index contributed by atoms with van der Waals surface area (Å²) in [5.41, 5.74) is 7.64. The van der Waals surface area contributed by atoms with E-state index in [4.69, 9.17) is 15.6 Å². The fraction of sp³-hybridized carbons (Fsp3) is 0.500. The first-order valence-corrected chi connectivity index (χ1v) is 5.52. The Morgan fingerprint density at radius 2 is 2.19 bits per heavy atom. The van der Waals surface area contributed by atoms with Gasteiger partial charge >= 0.3 is 0 Å². The van der Waals surface area contributed by atoms with Crippen molar-refractivity contribution < 1.29 is 9.84 Å². The topological polar surface area (TPSA) is 58.7 Å². The van der Waals surface area contributed by atoms with Crippen molar-refractivity contribution in [2.45, 2.75) is 13.3 Å². The van der Waals surface area contributed by atoms with Gasteiger partial charge in [0.05, 0.1) is 18.5 Å². The highest BCUT2D eigenvalue weighted by Crippen LogP contribution is 2.28. The Balaban J connectivity index is 2.89. The molecule has 3 N–H and O–H groups in total. The van der Waals surface area contributed by atoms with Gasteiger partial charge in [-0.15, -0.1) is 0 Å². The van der Waals surface area contributed by atoms with Crippen LogP contribution in [0.1, 0.15) is 13.3 Å². The normalized spacial score (nSPS) is 10.2. The number of hydrogen-bond acceptors (Lipinski definition) is 4. The van der Waals surface area contributed by atoms with Crippen LogP contribution in [0.3, 0.4) is 0 Å². The van der Waals surface area contributed by atoms with Gasteiger partial charge in [-0.25, -0.2) is 0 Å². The van der Waals surface area contributed by atoms with Gasteiger partial charge in [-0.3, -0.25) is 0 Å². The number of rotatable bonds is 6. The van der Waals surface area contributed by atoms with Gasteiger partial charge in [-0.1, -0.05) is 0 Å². The molecule has 0 saturated heterocycles. The number of aliphatic hydroxyl groups excluding tert-OH is 1. The number of nitrogen functional groups attached to an aromatic ring is 1. The Kier molecular flexibility index (Phi) is 4.92. The lowest BCUT2D eigenvalue weighted by Gasteiger charge is -2.24. The molecule has 0 aliphatic heterocycles. The van der Waals surface area contributed by atoms with Gasteiger partial charge in [0.25, 0.3) is 0 Å². The molecular formula is C12H20N2O2. The molecule has 1 rings (SSSR count). The summed E-state index contributed by atoms with van der Waals surface area (Å²) in [6, 6.07) is 5.62. The summed E-state index contributed by atoms with van der Waals surface area (Å²) in [5, 5.41) is 8.85. The second kappa shape index (κ2) is 6.23. The number of aliphatic hydroxyl groups is 1. The van der Waals surface area contributed by atoms with E-state index in [9.17, 15) is 0 Å². The summed E-state index contributed by atoms with van der Waals surface area (Å²) in [7, 11) is 1.64. The highest BCUT2D eigenvalue weighted by Gasteiger charge is 2.08. The summed E-state index contributed by atoms with van der Waals surface area (Å²) < 4.78 is 5.18. The first-order valence-electron chi connectivity index (χ1n) is 5.52. The average molecular weight is 224 g/mol. The lowest BCUT2D eigenvalue weighted by molar-refractivity contribution is 0.289. The Morgan fingerprint density at radius 1 is 1.44 bits per heavy atom. The van der Waals surface area contributed by atoms with E-state index in [1.165, 1.54) is 0 Å². The molecule has 16 heavy (non-hydrogen) atoms. The number of benzene rings is 1. The van der Waals surface area contributed by atoms with E-state index in [0.29, 0.717) is 0 Å². The highest BCUT2D eigenvalue weighted by molar-refractivity contribution is 5.69. The van der Waals surface area contributed by atoms with Crippen molar-refractivity contribution in [3.05, 3.63) is 18.2 Å². The van der Waals surface area contributed by atoms with E-state index in [0.717, 1.165) is 36.6 Å². The standard InChI is InChI=1S/C12H20N2O2/c1-3-14(7-4-8-15)12-9-10(16-2)5-6-11(12)13/h5-6,9,15H,3-4,7-8,13H2,1-2H3. The third-order valence-electron chi connectivity index (χ3n) is 2.55. The Labute approximate surface area is 96.6 Å². The van der Waals surface area contributed by atoms with Crippen molar-refractivity contribution >= 4 is 11.4 Å². The molecule has 0 atom stereocenters. The van der Waals surface area contributed by atoms with Crippen LogP contribution in [0.5, 0.6) is 5.75 Å². The van der Waals surface area contributed by atoms with Crippen LogP contribution < -0.4 is 15.4 Å². The molecule has 0 fully saturated rings. The molecule has 0 amide bonds. The molecule has 0 bridgehead atoms. The first kappa shape index (κ1) is 12.6. The zero-order chi connectivity index (χ0) is 12.0. The summed E-state index contributed by atoms with van der Waals surface area (Å²) in [4.78, 5) is 2.13. The average Bonchev–Trinajstić information content (AvgIpc) is 2.32. The van der Waals surface area contributed by atoms with E-state index in [-0.39, 0.29) is 6.61 Å². The van der Waals surface area contributed by atoms with Crippen molar-refractivity contribution in [3.63, 3.8) is 0 Å². The molecule has 4 nitrogen and oxygen atoms in total. The predicted molar refractivity (Wildman–Crippen MR) is 67.0 cm³/mol. The summed E-state index contributed by atoms with van der Waals surface area (Å²) in [5.74, 6) is 0.798. The van der Waals surface area contributed by atoms with E-state index in [2.05, 4.69) is 11.8 Å². The van der Waals surface area contributed by atoms with Crippen LogP contribution in [-0.4, -0.2) is 31.9 Å². The maximum absolute atomic E-state index is 8.85. The Hall–Kier alpha value is -1.42. The number of methoxy groups -OCH3 is 1. The fourth-order valence-electron chi connectivity index (χ4n) is 1.63. The fourth-order valence-corrected chi connectivity index (χ4v) is 1.63. The van der Waals surface area contributed by atoms with Crippen molar-refractivity contribution in [1.82, 2.24) is 0 Å². The molecule has 90 valence electrons. The summed E-state index contributed by atoms with van der Waals surface area (Å²) in [6.45, 7) is 3.92. The largest absolute Gasteiger partial charge is 0.497 e. The van der Waals surface area contributed by atoms with Crippen LogP contribution in [0, 0.1) is 0 Å². The van der Waals surface area contributed by atoms with Crippen LogP contribution in [0.2, 0.25) is 0 Å². The van der Waals surface area contributed by atoms with Crippen LogP contribution >= 0.6 is 0 Å². The molecule has 1 aromatic rings. The first-order chi connectivity index (χ1) is 7.72. The molecular weight excluding hydrogens is 204 g/mol. The van der Waals surface area contributed by atoms with E-state index in [1.807, 2.05) is 18.2 Å². The van der Waals surface area contributed by atoms with Gasteiger partial charge < -0.3 is 20.5 Å². The summed E-state index contributed by atoms with van der Waals surface area (Å²) in [6.07, 6.45) is 0.741. The van der Waals surface area contributed by atoms with Gasteiger partial charge in [-0.05, 0) is 25.5 Å². The van der Waals surface area contributed by atoms with E-state index < -0.39 is 0 Å². The van der Waals surface area contributed by atoms with Crippen molar-refractivity contribution in [2.24, 2.45) is 0 Å². The molecule has 0 aliphatic carbocycles. The van der Waals surface area contributed by atoms with E-state index in [1.54, 1.807) is 7.11 Å². The SMILES string of the molecule is CCN(CCCO)c1cc(OC)ccc1N. The predicted octanol–water partition coefficient (Wildman–Crippen LogP) is 1.49. The second-order valence-electron chi connectivity index (χ2n) is 3.58. The van der Waals surface area contributed by atoms with Crippen LogP contribution in [0.25, 0.3) is 0 Å². The van der Waals surface area contributed by atoms with Crippen LogP contribution in [0.4, 0.5) is 11.4 Å². The van der Waals surface area contributed by atoms with Crippen molar-refractivity contribution in [3.8, 4) is 5.75 Å². The third-order valence-corrected chi connectivity index (χ3v) is 2.55. The van der Waals surface area contributed by atoms with Crippen molar-refractivity contribution in [2.75, 3.05) is 37.4 Å². The smallest absolute Gasteiger partial charge is 0.121 e. The summed E-state index contributed by atoms with van der Waals surface area (Å²) >= 11 is 0. The number of nitrogens with two attached hydrogens (primary N) is 1. The number of anilines is 2. The molecule has 0 radical (unpaired) electrons. The number of hydrogen-bond donors (Lipinski definition) is 2. The minimum absolute atomic E-state index is 0.195. The Bertz CT molecular complexity index is 329. The molecule has 0 unspecified atom stereocenters. The molecule has 0 saturated carbocycles. The second-order valence-corrected chi connectivity index (χ2v) is 3.58. The maximum Gasteiger partial charge on any atom is 0.121 e. The lowest BCUT2D eigenvalue weighted by Crippen LogP contribution is -2.25. The zero-order valence-electron chi connectivity index (χ0n) is 9.94. The third kappa shape index (κ3) is 3.03. The maximum atomic E-state index is 8.85. The lowest BCUT2D eigenvalue weighted by atomic mass is 10.2. The van der Waals surface area contributed by atoms with Gasteiger partial charge in [-0.2, -0.15) is 0 Å². The molecule has 4 heteroatoms. The van der Waals surface area contributed by atoms with Gasteiger partial charge in [0.1, 0.15) is 5.75 Å². The monoisotopic (exact) mass is 224 g/mol. The van der Waals surface area contributed by atoms with E-state index >= 15 is 0 Å². The Morgan fingerprint density at radius 3 is 2.75 bits per heavy atom. The molecule has 0 aliphatic rings. The van der Waals surface area contributed by atoms with Crippen LogP contribution in [-0.2, 0) is 0 Å². The van der Waals surface area contributed by atoms with Gasteiger partial charge in [0, 0.05) is 25.8 Å². The van der Waals surface area contributed by atoms with Gasteiger partial charge in [0.2, 0.25) is 0 Å².